The summed E-state index contributed by atoms with van der Waals surface area (Å²) in [6.45, 7) is 0.405. The van der Waals surface area contributed by atoms with E-state index in [9.17, 15) is 8.42 Å². The molecule has 4 nitrogen and oxygen atoms in total. The smallest absolute Gasteiger partial charge is 0.240 e. The van der Waals surface area contributed by atoms with E-state index in [1.54, 1.807) is 31.4 Å². The van der Waals surface area contributed by atoms with E-state index in [0.717, 1.165) is 25.7 Å². The van der Waals surface area contributed by atoms with Crippen molar-refractivity contribution < 1.29 is 13.2 Å². The standard InChI is InChI=1S/C14H20ClNO3S/c1-19-12-6-8-13(9-7-12)20(17,18)16-10-11-4-2-3-5-14(11)15/h6-9,11,14,16H,2-5,10H2,1H3. The molecule has 1 aromatic rings. The third-order valence-electron chi connectivity index (χ3n) is 3.72. The maximum Gasteiger partial charge on any atom is 0.240 e. The van der Waals surface area contributed by atoms with Gasteiger partial charge in [-0.3, -0.25) is 0 Å². The normalized spacial score (nSPS) is 23.5. The molecule has 0 spiro atoms. The number of halogens is 1. The summed E-state index contributed by atoms with van der Waals surface area (Å²) in [5, 5.41) is 0.0716. The first-order chi connectivity index (χ1) is 9.53. The van der Waals surface area contributed by atoms with E-state index in [1.165, 1.54) is 0 Å². The number of methoxy groups -OCH3 is 1. The molecule has 20 heavy (non-hydrogen) atoms. The molecule has 1 N–H and O–H groups in total. The highest BCUT2D eigenvalue weighted by molar-refractivity contribution is 7.89. The highest BCUT2D eigenvalue weighted by Crippen LogP contribution is 2.28. The van der Waals surface area contributed by atoms with Crippen molar-refractivity contribution in [2.45, 2.75) is 36.0 Å². The van der Waals surface area contributed by atoms with Crippen LogP contribution in [0.5, 0.6) is 5.75 Å². The van der Waals surface area contributed by atoms with Crippen molar-refractivity contribution in [2.24, 2.45) is 5.92 Å². The maximum atomic E-state index is 12.2. The molecule has 0 bridgehead atoms. The molecule has 1 fully saturated rings. The predicted octanol–water partition coefficient (Wildman–Crippen LogP) is 2.77. The van der Waals surface area contributed by atoms with Gasteiger partial charge in [0, 0.05) is 11.9 Å². The van der Waals surface area contributed by atoms with Gasteiger partial charge in [-0.15, -0.1) is 11.6 Å². The lowest BCUT2D eigenvalue weighted by atomic mass is 9.89. The zero-order valence-electron chi connectivity index (χ0n) is 11.5. The van der Waals surface area contributed by atoms with Crippen LogP contribution in [0, 0.1) is 5.92 Å². The van der Waals surface area contributed by atoms with Gasteiger partial charge >= 0.3 is 0 Å². The quantitative estimate of drug-likeness (QED) is 0.850. The van der Waals surface area contributed by atoms with Crippen molar-refractivity contribution in [2.75, 3.05) is 13.7 Å². The zero-order valence-corrected chi connectivity index (χ0v) is 13.1. The van der Waals surface area contributed by atoms with E-state index in [4.69, 9.17) is 16.3 Å². The first kappa shape index (κ1) is 15.6. The number of ether oxygens (including phenoxy) is 1. The van der Waals surface area contributed by atoms with Crippen LogP contribution in [0.2, 0.25) is 0 Å². The number of hydrogen-bond donors (Lipinski definition) is 1. The van der Waals surface area contributed by atoms with Crippen LogP contribution in [0.3, 0.4) is 0 Å². The summed E-state index contributed by atoms with van der Waals surface area (Å²) < 4.78 is 32.1. The van der Waals surface area contributed by atoms with Crippen molar-refractivity contribution in [1.29, 1.82) is 0 Å². The fraction of sp³-hybridized carbons (Fsp3) is 0.571. The molecule has 112 valence electrons. The molecular weight excluding hydrogens is 298 g/mol. The Hall–Kier alpha value is -0.780. The number of benzene rings is 1. The minimum atomic E-state index is -3.47. The summed E-state index contributed by atoms with van der Waals surface area (Å²) in [6.07, 6.45) is 4.21. The lowest BCUT2D eigenvalue weighted by molar-refractivity contribution is 0.364. The summed E-state index contributed by atoms with van der Waals surface area (Å²) in [5.74, 6) is 0.857. The topological polar surface area (TPSA) is 55.4 Å². The Kier molecular flexibility index (Phi) is 5.29. The average Bonchev–Trinajstić information content (AvgIpc) is 2.46. The summed E-state index contributed by atoms with van der Waals surface area (Å²) in [4.78, 5) is 0.250. The zero-order chi connectivity index (χ0) is 14.6. The molecule has 0 aliphatic heterocycles. The van der Waals surface area contributed by atoms with Gasteiger partial charge in [0.2, 0.25) is 10.0 Å². The summed E-state index contributed by atoms with van der Waals surface area (Å²) in [7, 11) is -1.93. The lowest BCUT2D eigenvalue weighted by Gasteiger charge is -2.27. The van der Waals surface area contributed by atoms with E-state index in [-0.39, 0.29) is 16.2 Å². The predicted molar refractivity (Wildman–Crippen MR) is 79.8 cm³/mol. The third kappa shape index (κ3) is 3.87. The Morgan fingerprint density at radius 1 is 1.25 bits per heavy atom. The van der Waals surface area contributed by atoms with Crippen LogP contribution in [-0.4, -0.2) is 27.4 Å². The van der Waals surface area contributed by atoms with Gasteiger partial charge in [-0.25, -0.2) is 13.1 Å². The Bertz CT molecular complexity index is 530. The molecular formula is C14H20ClNO3S. The minimum Gasteiger partial charge on any atom is -0.497 e. The van der Waals surface area contributed by atoms with E-state index in [0.29, 0.717) is 12.3 Å². The van der Waals surface area contributed by atoms with Gasteiger partial charge in [-0.2, -0.15) is 0 Å². The van der Waals surface area contributed by atoms with Crippen molar-refractivity contribution in [1.82, 2.24) is 4.72 Å². The fourth-order valence-corrected chi connectivity index (χ4v) is 3.91. The van der Waals surface area contributed by atoms with E-state index in [2.05, 4.69) is 4.72 Å². The van der Waals surface area contributed by atoms with Gasteiger partial charge in [-0.05, 0) is 43.0 Å². The molecule has 0 saturated heterocycles. The Balaban J connectivity index is 1.99. The van der Waals surface area contributed by atoms with E-state index in [1.807, 2.05) is 0 Å². The number of nitrogens with one attached hydrogen (secondary N) is 1. The van der Waals surface area contributed by atoms with Crippen LogP contribution >= 0.6 is 11.6 Å². The van der Waals surface area contributed by atoms with Crippen molar-refractivity contribution in [3.05, 3.63) is 24.3 Å². The molecule has 0 heterocycles. The number of rotatable bonds is 5. The van der Waals surface area contributed by atoms with Crippen LogP contribution in [0.1, 0.15) is 25.7 Å². The van der Waals surface area contributed by atoms with Gasteiger partial charge in [0.05, 0.1) is 12.0 Å². The van der Waals surface area contributed by atoms with Gasteiger partial charge < -0.3 is 4.74 Å². The van der Waals surface area contributed by atoms with Gasteiger partial charge in [-0.1, -0.05) is 12.8 Å². The number of hydrogen-bond acceptors (Lipinski definition) is 3. The molecule has 0 aromatic heterocycles. The Morgan fingerprint density at radius 3 is 2.50 bits per heavy atom. The maximum absolute atomic E-state index is 12.2. The molecule has 0 radical (unpaired) electrons. The number of sulfonamides is 1. The summed E-state index contributed by atoms with van der Waals surface area (Å²) in [6, 6.07) is 6.36. The molecule has 2 rings (SSSR count). The van der Waals surface area contributed by atoms with Crippen molar-refractivity contribution >= 4 is 21.6 Å². The van der Waals surface area contributed by atoms with Gasteiger partial charge in [0.15, 0.2) is 0 Å². The van der Waals surface area contributed by atoms with Crippen LogP contribution in [-0.2, 0) is 10.0 Å². The van der Waals surface area contributed by atoms with Gasteiger partial charge in [0.25, 0.3) is 0 Å². The first-order valence-corrected chi connectivity index (χ1v) is 8.72. The Labute approximate surface area is 125 Å². The highest BCUT2D eigenvalue weighted by Gasteiger charge is 2.25. The van der Waals surface area contributed by atoms with E-state index >= 15 is 0 Å². The minimum absolute atomic E-state index is 0.0716. The molecule has 1 aliphatic rings. The molecule has 1 aliphatic carbocycles. The molecule has 0 amide bonds. The largest absolute Gasteiger partial charge is 0.497 e. The lowest BCUT2D eigenvalue weighted by Crippen LogP contribution is -2.34. The molecule has 6 heteroatoms. The second kappa shape index (κ2) is 6.78. The molecule has 1 aromatic carbocycles. The van der Waals surface area contributed by atoms with Crippen LogP contribution in [0.25, 0.3) is 0 Å². The first-order valence-electron chi connectivity index (χ1n) is 6.81. The average molecular weight is 318 g/mol. The SMILES string of the molecule is COc1ccc(S(=O)(=O)NCC2CCCCC2Cl)cc1. The fourth-order valence-electron chi connectivity index (χ4n) is 2.45. The second-order valence-electron chi connectivity index (χ2n) is 5.09. The third-order valence-corrected chi connectivity index (χ3v) is 5.74. The summed E-state index contributed by atoms with van der Waals surface area (Å²) >= 11 is 6.25. The van der Waals surface area contributed by atoms with Gasteiger partial charge in [0.1, 0.15) is 5.75 Å². The molecule has 2 atom stereocenters. The molecule has 1 saturated carbocycles. The van der Waals surface area contributed by atoms with Crippen LogP contribution in [0.15, 0.2) is 29.2 Å². The van der Waals surface area contributed by atoms with Crippen molar-refractivity contribution in [3.8, 4) is 5.75 Å². The van der Waals surface area contributed by atoms with Crippen LogP contribution in [0.4, 0.5) is 0 Å². The second-order valence-corrected chi connectivity index (χ2v) is 7.42. The van der Waals surface area contributed by atoms with Crippen LogP contribution < -0.4 is 9.46 Å². The number of alkyl halides is 1. The Morgan fingerprint density at radius 2 is 1.90 bits per heavy atom. The molecule has 2 unspecified atom stereocenters. The van der Waals surface area contributed by atoms with Crippen molar-refractivity contribution in [3.63, 3.8) is 0 Å². The van der Waals surface area contributed by atoms with E-state index < -0.39 is 10.0 Å². The monoisotopic (exact) mass is 317 g/mol. The summed E-state index contributed by atoms with van der Waals surface area (Å²) in [5.41, 5.74) is 0. The highest BCUT2D eigenvalue weighted by atomic mass is 35.5.